The van der Waals surface area contributed by atoms with E-state index in [1.165, 1.54) is 0 Å². The molecule has 1 aromatic heterocycles. The highest BCUT2D eigenvalue weighted by Gasteiger charge is 2.22. The first-order valence-corrected chi connectivity index (χ1v) is 4.45. The maximum atomic E-state index is 4.60. The Morgan fingerprint density at radius 1 is 1.54 bits per heavy atom. The Hall–Kier alpha value is -1.42. The molecule has 3 rings (SSSR count). The summed E-state index contributed by atoms with van der Waals surface area (Å²) in [7, 11) is 0. The predicted molar refractivity (Wildman–Crippen MR) is 47.7 cm³/mol. The minimum atomic E-state index is 0.287. The van der Waals surface area contributed by atoms with E-state index in [0.29, 0.717) is 0 Å². The number of rotatable bonds is 0. The Morgan fingerprint density at radius 2 is 2.54 bits per heavy atom. The van der Waals surface area contributed by atoms with Gasteiger partial charge in [0.1, 0.15) is 6.17 Å². The van der Waals surface area contributed by atoms with Crippen molar-refractivity contribution in [1.29, 1.82) is 0 Å². The van der Waals surface area contributed by atoms with Gasteiger partial charge in [0, 0.05) is 36.8 Å². The van der Waals surface area contributed by atoms with Crippen LogP contribution in [0.5, 0.6) is 0 Å². The van der Waals surface area contributed by atoms with E-state index in [4.69, 9.17) is 0 Å². The fourth-order valence-corrected chi connectivity index (χ4v) is 1.75. The van der Waals surface area contributed by atoms with Gasteiger partial charge in [0.05, 0.1) is 5.36 Å². The molecule has 3 heterocycles. The van der Waals surface area contributed by atoms with Crippen LogP contribution in [0.2, 0.25) is 0 Å². The summed E-state index contributed by atoms with van der Waals surface area (Å²) >= 11 is 0. The molecule has 2 aliphatic heterocycles. The molecule has 0 aliphatic carbocycles. The zero-order chi connectivity index (χ0) is 8.67. The molecule has 1 N–H and O–H groups in total. The number of nitrogens with one attached hydrogen (secondary N) is 1. The van der Waals surface area contributed by atoms with Crippen LogP contribution >= 0.6 is 0 Å². The summed E-state index contributed by atoms with van der Waals surface area (Å²) in [6.45, 7) is 1.01. The van der Waals surface area contributed by atoms with Gasteiger partial charge in [-0.05, 0) is 6.07 Å². The minimum Gasteiger partial charge on any atom is -0.291 e. The van der Waals surface area contributed by atoms with Crippen LogP contribution in [0, 0.1) is 0 Å². The zero-order valence-corrected chi connectivity index (χ0v) is 7.14. The Labute approximate surface area is 75.6 Å². The summed E-state index contributed by atoms with van der Waals surface area (Å²) in [5.74, 6) is 0. The number of pyridine rings is 1. The summed E-state index contributed by atoms with van der Waals surface area (Å²) in [5.41, 5.74) is 3.26. The van der Waals surface area contributed by atoms with Crippen molar-refractivity contribution in [3.8, 4) is 0 Å². The van der Waals surface area contributed by atoms with Crippen LogP contribution in [0.1, 0.15) is 6.42 Å². The lowest BCUT2D eigenvalue weighted by Gasteiger charge is -2.21. The van der Waals surface area contributed by atoms with Crippen LogP contribution < -0.4 is 16.0 Å². The molecule has 1 unspecified atom stereocenters. The molecule has 1 saturated heterocycles. The topological polar surface area (TPSA) is 40.5 Å². The van der Waals surface area contributed by atoms with E-state index in [9.17, 15) is 0 Å². The number of hydrazine groups is 1. The van der Waals surface area contributed by atoms with Crippen molar-refractivity contribution in [2.24, 2.45) is 4.99 Å². The van der Waals surface area contributed by atoms with Gasteiger partial charge in [-0.25, -0.2) is 5.43 Å². The quantitative estimate of drug-likeness (QED) is 0.548. The lowest BCUT2D eigenvalue weighted by atomic mass is 10.3. The first-order chi connectivity index (χ1) is 6.43. The number of aromatic nitrogens is 1. The van der Waals surface area contributed by atoms with Crippen molar-refractivity contribution >= 4 is 6.20 Å². The first-order valence-electron chi connectivity index (χ1n) is 4.45. The second-order valence-electron chi connectivity index (χ2n) is 3.28. The van der Waals surface area contributed by atoms with Crippen LogP contribution in [-0.4, -0.2) is 22.7 Å². The molecule has 4 heteroatoms. The normalized spacial score (nSPS) is 24.3. The minimum absolute atomic E-state index is 0.287. The number of nitrogens with zero attached hydrogens (tertiary/aromatic N) is 3. The van der Waals surface area contributed by atoms with Gasteiger partial charge in [0.25, 0.3) is 0 Å². The highest BCUT2D eigenvalue weighted by molar-refractivity contribution is 5.23. The average Bonchev–Trinajstić information content (AvgIpc) is 2.61. The molecule has 0 saturated carbocycles. The van der Waals surface area contributed by atoms with Gasteiger partial charge in [-0.1, -0.05) is 0 Å². The monoisotopic (exact) mass is 174 g/mol. The van der Waals surface area contributed by atoms with Crippen LogP contribution in [0.15, 0.2) is 23.5 Å². The molecule has 1 fully saturated rings. The Bertz CT molecular complexity index is 398. The van der Waals surface area contributed by atoms with Crippen molar-refractivity contribution in [2.45, 2.75) is 12.6 Å². The molecule has 13 heavy (non-hydrogen) atoms. The zero-order valence-electron chi connectivity index (χ0n) is 7.14. The van der Waals surface area contributed by atoms with Crippen molar-refractivity contribution in [3.05, 3.63) is 29.0 Å². The average molecular weight is 174 g/mol. The highest BCUT2D eigenvalue weighted by Crippen LogP contribution is 2.10. The summed E-state index contributed by atoms with van der Waals surface area (Å²) in [5, 5.41) is 4.21. The summed E-state index contributed by atoms with van der Waals surface area (Å²) in [4.78, 5) is 8.67. The molecule has 0 aromatic carbocycles. The maximum absolute atomic E-state index is 4.60. The second-order valence-corrected chi connectivity index (χ2v) is 3.28. The molecule has 0 amide bonds. The van der Waals surface area contributed by atoms with Gasteiger partial charge in [0.15, 0.2) is 0 Å². The highest BCUT2D eigenvalue weighted by atomic mass is 15.6. The summed E-state index contributed by atoms with van der Waals surface area (Å²) in [6.07, 6.45) is 7.07. The molecule has 66 valence electrons. The third kappa shape index (κ3) is 1.02. The van der Waals surface area contributed by atoms with Gasteiger partial charge in [-0.2, -0.15) is 0 Å². The molecule has 4 nitrogen and oxygen atoms in total. The third-order valence-corrected chi connectivity index (χ3v) is 2.41. The van der Waals surface area contributed by atoms with Crippen LogP contribution in [0.25, 0.3) is 6.20 Å². The van der Waals surface area contributed by atoms with E-state index in [0.717, 1.165) is 23.5 Å². The Morgan fingerprint density at radius 3 is 3.54 bits per heavy atom. The van der Waals surface area contributed by atoms with Crippen LogP contribution in [0.3, 0.4) is 0 Å². The predicted octanol–water partition coefficient (Wildman–Crippen LogP) is -1.01. The van der Waals surface area contributed by atoms with Crippen molar-refractivity contribution in [1.82, 2.24) is 15.4 Å². The van der Waals surface area contributed by atoms with Crippen molar-refractivity contribution < 1.29 is 0 Å². The largest absolute Gasteiger partial charge is 0.291 e. The second kappa shape index (κ2) is 2.53. The van der Waals surface area contributed by atoms with E-state index >= 15 is 0 Å². The van der Waals surface area contributed by atoms with Gasteiger partial charge in [-0.15, -0.1) is 0 Å². The molecule has 0 radical (unpaired) electrons. The molecule has 2 aliphatic rings. The molecular formula is C9H10N4. The van der Waals surface area contributed by atoms with Gasteiger partial charge in [-0.3, -0.25) is 15.0 Å². The fourth-order valence-electron chi connectivity index (χ4n) is 1.75. The lowest BCUT2D eigenvalue weighted by molar-refractivity contribution is 0.303. The Balaban J connectivity index is 2.24. The van der Waals surface area contributed by atoms with E-state index in [-0.39, 0.29) is 6.17 Å². The lowest BCUT2D eigenvalue weighted by Crippen LogP contribution is -2.42. The number of fused-ring (bicyclic) bond motifs is 2. The molecule has 1 atom stereocenters. The van der Waals surface area contributed by atoms with E-state index in [1.54, 1.807) is 6.20 Å². The van der Waals surface area contributed by atoms with E-state index < -0.39 is 0 Å². The Kier molecular flexibility index (Phi) is 1.37. The number of hydrogen-bond acceptors (Lipinski definition) is 4. The molecule has 1 aromatic rings. The van der Waals surface area contributed by atoms with Gasteiger partial charge in [0.2, 0.25) is 0 Å². The third-order valence-electron chi connectivity index (χ3n) is 2.41. The van der Waals surface area contributed by atoms with E-state index in [1.807, 2.05) is 12.3 Å². The first kappa shape index (κ1) is 7.03. The van der Waals surface area contributed by atoms with Gasteiger partial charge < -0.3 is 0 Å². The molecule has 0 spiro atoms. The summed E-state index contributed by atoms with van der Waals surface area (Å²) in [6, 6.07) is 1.96. The molecular weight excluding hydrogens is 164 g/mol. The van der Waals surface area contributed by atoms with Gasteiger partial charge >= 0.3 is 0 Å². The standard InChI is InChI=1S/C9H10N4/c1-3-10-5-7-6-13-9(2-4-11-13)12-8(1)7/h1,3,5-6,9,11H,2,4H2. The summed E-state index contributed by atoms with van der Waals surface area (Å²) < 4.78 is 0. The fraction of sp³-hybridized carbons (Fsp3) is 0.333. The number of hydrogen-bond donors (Lipinski definition) is 1. The van der Waals surface area contributed by atoms with Crippen LogP contribution in [0.4, 0.5) is 0 Å². The van der Waals surface area contributed by atoms with Crippen molar-refractivity contribution in [2.75, 3.05) is 6.54 Å². The van der Waals surface area contributed by atoms with Crippen LogP contribution in [-0.2, 0) is 0 Å². The molecule has 0 bridgehead atoms. The van der Waals surface area contributed by atoms with E-state index in [2.05, 4.69) is 26.6 Å². The maximum Gasteiger partial charge on any atom is 0.136 e. The SMILES string of the molecule is C1=c2cnccc2=NC2CCNN12. The van der Waals surface area contributed by atoms with Crippen molar-refractivity contribution in [3.63, 3.8) is 0 Å². The smallest absolute Gasteiger partial charge is 0.136 e.